The van der Waals surface area contributed by atoms with Crippen LogP contribution >= 0.6 is 0 Å². The van der Waals surface area contributed by atoms with Gasteiger partial charge in [-0.3, -0.25) is 4.57 Å². The maximum atomic E-state index is 12.7. The highest BCUT2D eigenvalue weighted by molar-refractivity contribution is 5.95. The number of fused-ring (bicyclic) bond motifs is 3. The molecule has 0 N–H and O–H groups in total. The molecular weight excluding hydrogens is 310 g/mol. The molecule has 3 nitrogen and oxygen atoms in total. The van der Waals surface area contributed by atoms with Gasteiger partial charge in [0, 0.05) is 11.6 Å². The monoisotopic (exact) mass is 339 g/mol. The number of carbonyl (C=O) groups is 1. The number of rotatable bonds is 2. The molecule has 1 aliphatic rings. The number of allylic oxidation sites excluding steroid dienone is 1. The molecule has 0 aliphatic heterocycles. The third-order valence-corrected chi connectivity index (χ3v) is 4.90. The zero-order chi connectivity index (χ0) is 18.4. The van der Waals surface area contributed by atoms with Crippen LogP contribution in [0.5, 0.6) is 0 Å². The number of carbonyl (C=O) groups excluding carboxylic acids is 1. The first kappa shape index (κ1) is 17.8. The molecule has 0 spiro atoms. The van der Waals surface area contributed by atoms with Crippen molar-refractivity contribution in [1.29, 1.82) is 0 Å². The third kappa shape index (κ3) is 3.24. The summed E-state index contributed by atoms with van der Waals surface area (Å²) in [6.45, 7) is 12.4. The predicted octanol–water partition coefficient (Wildman–Crippen LogP) is 6.46. The molecular formula is C22H29NO2. The Morgan fingerprint density at radius 3 is 2.60 bits per heavy atom. The van der Waals surface area contributed by atoms with Gasteiger partial charge in [0.25, 0.3) is 0 Å². The van der Waals surface area contributed by atoms with Crippen molar-refractivity contribution in [2.45, 2.75) is 71.8 Å². The molecule has 2 atom stereocenters. The van der Waals surface area contributed by atoms with Crippen LogP contribution < -0.4 is 0 Å². The Morgan fingerprint density at radius 1 is 1.28 bits per heavy atom. The van der Waals surface area contributed by atoms with E-state index in [2.05, 4.69) is 39.0 Å². The van der Waals surface area contributed by atoms with E-state index < -0.39 is 5.60 Å². The third-order valence-electron chi connectivity index (χ3n) is 4.90. The summed E-state index contributed by atoms with van der Waals surface area (Å²) in [5.41, 5.74) is 4.53. The van der Waals surface area contributed by atoms with Gasteiger partial charge in [-0.05, 0) is 74.3 Å². The summed E-state index contributed by atoms with van der Waals surface area (Å²) in [5.74, 6) is 0.950. The van der Waals surface area contributed by atoms with Gasteiger partial charge in [-0.15, -0.1) is 0 Å². The lowest BCUT2D eigenvalue weighted by Gasteiger charge is -2.21. The fourth-order valence-corrected chi connectivity index (χ4v) is 4.04. The molecule has 0 amide bonds. The van der Waals surface area contributed by atoms with Gasteiger partial charge in [0.05, 0.1) is 5.52 Å². The minimum absolute atomic E-state index is 0.298. The van der Waals surface area contributed by atoms with E-state index in [4.69, 9.17) is 4.74 Å². The van der Waals surface area contributed by atoms with Crippen molar-refractivity contribution >= 4 is 23.1 Å². The lowest BCUT2D eigenvalue weighted by atomic mass is 9.94. The topological polar surface area (TPSA) is 31.2 Å². The molecule has 1 heterocycles. The molecule has 3 heteroatoms. The highest BCUT2D eigenvalue weighted by Crippen LogP contribution is 2.47. The van der Waals surface area contributed by atoms with E-state index >= 15 is 0 Å². The van der Waals surface area contributed by atoms with Crippen LogP contribution in [0.3, 0.4) is 0 Å². The smallest absolute Gasteiger partial charge is 0.419 e. The number of hydrogen-bond acceptors (Lipinski definition) is 2. The van der Waals surface area contributed by atoms with Gasteiger partial charge in [-0.2, -0.15) is 0 Å². The van der Waals surface area contributed by atoms with Crippen LogP contribution in [0.4, 0.5) is 4.79 Å². The zero-order valence-corrected chi connectivity index (χ0v) is 16.2. The molecule has 0 radical (unpaired) electrons. The van der Waals surface area contributed by atoms with E-state index in [1.165, 1.54) is 16.7 Å². The van der Waals surface area contributed by atoms with Crippen molar-refractivity contribution < 1.29 is 9.53 Å². The molecule has 1 aromatic carbocycles. The normalized spacial score (nSPS) is 20.4. The molecule has 25 heavy (non-hydrogen) atoms. The van der Waals surface area contributed by atoms with Gasteiger partial charge >= 0.3 is 6.09 Å². The molecule has 2 aromatic rings. The Kier molecular flexibility index (Phi) is 4.52. The van der Waals surface area contributed by atoms with Gasteiger partial charge in [0.2, 0.25) is 0 Å². The number of benzene rings is 1. The molecule has 0 fully saturated rings. The summed E-state index contributed by atoms with van der Waals surface area (Å²) < 4.78 is 7.31. The van der Waals surface area contributed by atoms with E-state index in [0.717, 1.165) is 23.7 Å². The Balaban J connectivity index is 2.22. The quantitative estimate of drug-likeness (QED) is 0.629. The van der Waals surface area contributed by atoms with Crippen LogP contribution in [0, 0.1) is 0 Å². The standard InChI is InChI=1S/C22H29NO2/c1-7-8-9-16-13-17-10-11-23(21(24)25-22(4,5)6)20(17)19-15(3)12-14(2)18(16)19/h8-11,13-15H,7,12H2,1-6H3/b9-8+/t14-,15+/m1/s1. The summed E-state index contributed by atoms with van der Waals surface area (Å²) in [7, 11) is 0. The molecule has 0 saturated carbocycles. The van der Waals surface area contributed by atoms with Gasteiger partial charge < -0.3 is 4.74 Å². The molecule has 1 aliphatic carbocycles. The van der Waals surface area contributed by atoms with Crippen molar-refractivity contribution in [2.75, 3.05) is 0 Å². The maximum Gasteiger partial charge on any atom is 0.419 e. The first-order chi connectivity index (χ1) is 11.7. The van der Waals surface area contributed by atoms with Crippen LogP contribution in [0.1, 0.15) is 82.9 Å². The second-order valence-corrected chi connectivity index (χ2v) is 8.25. The van der Waals surface area contributed by atoms with Gasteiger partial charge in [-0.25, -0.2) is 4.79 Å². The van der Waals surface area contributed by atoms with Crippen LogP contribution in [0.15, 0.2) is 24.4 Å². The van der Waals surface area contributed by atoms with Crippen molar-refractivity contribution in [2.24, 2.45) is 0 Å². The Labute approximate surface area is 150 Å². The van der Waals surface area contributed by atoms with E-state index in [1.54, 1.807) is 4.57 Å². The van der Waals surface area contributed by atoms with Crippen LogP contribution in [-0.4, -0.2) is 16.3 Å². The van der Waals surface area contributed by atoms with Crippen molar-refractivity contribution in [3.8, 4) is 0 Å². The Hall–Kier alpha value is -2.03. The lowest BCUT2D eigenvalue weighted by Crippen LogP contribution is -2.27. The van der Waals surface area contributed by atoms with Crippen LogP contribution in [-0.2, 0) is 4.74 Å². The van der Waals surface area contributed by atoms with Gasteiger partial charge in [-0.1, -0.05) is 32.9 Å². The van der Waals surface area contributed by atoms with E-state index in [1.807, 2.05) is 33.0 Å². The van der Waals surface area contributed by atoms with E-state index in [9.17, 15) is 4.79 Å². The van der Waals surface area contributed by atoms with Crippen LogP contribution in [0.2, 0.25) is 0 Å². The maximum absolute atomic E-state index is 12.7. The first-order valence-corrected chi connectivity index (χ1v) is 9.30. The van der Waals surface area contributed by atoms with Crippen LogP contribution in [0.25, 0.3) is 17.0 Å². The number of nitrogens with zero attached hydrogens (tertiary/aromatic N) is 1. The fourth-order valence-electron chi connectivity index (χ4n) is 4.04. The van der Waals surface area contributed by atoms with Crippen molar-refractivity contribution in [1.82, 2.24) is 4.57 Å². The highest BCUT2D eigenvalue weighted by atomic mass is 16.6. The molecule has 0 bridgehead atoms. The molecule has 0 unspecified atom stereocenters. The second kappa shape index (κ2) is 6.36. The summed E-state index contributed by atoms with van der Waals surface area (Å²) in [4.78, 5) is 12.7. The highest BCUT2D eigenvalue weighted by Gasteiger charge is 2.32. The number of ether oxygens (including phenoxy) is 1. The van der Waals surface area contributed by atoms with E-state index in [0.29, 0.717) is 11.8 Å². The predicted molar refractivity (Wildman–Crippen MR) is 104 cm³/mol. The van der Waals surface area contributed by atoms with Crippen molar-refractivity contribution in [3.05, 3.63) is 41.1 Å². The summed E-state index contributed by atoms with van der Waals surface area (Å²) in [5, 5.41) is 1.11. The van der Waals surface area contributed by atoms with Gasteiger partial charge in [0.15, 0.2) is 0 Å². The van der Waals surface area contributed by atoms with Crippen molar-refractivity contribution in [3.63, 3.8) is 0 Å². The largest absolute Gasteiger partial charge is 0.443 e. The first-order valence-electron chi connectivity index (χ1n) is 9.30. The molecule has 3 rings (SSSR count). The minimum atomic E-state index is -0.500. The second-order valence-electron chi connectivity index (χ2n) is 8.25. The number of hydrogen-bond donors (Lipinski definition) is 0. The average molecular weight is 339 g/mol. The fraction of sp³-hybridized carbons (Fsp3) is 0.500. The number of aromatic nitrogens is 1. The Bertz CT molecular complexity index is 836. The minimum Gasteiger partial charge on any atom is -0.443 e. The summed E-state index contributed by atoms with van der Waals surface area (Å²) in [6.07, 6.45) is 8.14. The lowest BCUT2D eigenvalue weighted by molar-refractivity contribution is 0.0544. The summed E-state index contributed by atoms with van der Waals surface area (Å²) >= 11 is 0. The summed E-state index contributed by atoms with van der Waals surface area (Å²) in [6, 6.07) is 4.24. The SMILES string of the molecule is CC/C=C/c1cc2ccn(C(=O)OC(C)(C)C)c2c2c1[C@H](C)C[C@@H]2C. The zero-order valence-electron chi connectivity index (χ0n) is 16.2. The molecule has 134 valence electrons. The Morgan fingerprint density at radius 2 is 1.96 bits per heavy atom. The van der Waals surface area contributed by atoms with E-state index in [-0.39, 0.29) is 6.09 Å². The molecule has 0 saturated heterocycles. The molecule has 1 aromatic heterocycles. The van der Waals surface area contributed by atoms with Gasteiger partial charge in [0.1, 0.15) is 5.60 Å². The average Bonchev–Trinajstić information content (AvgIpc) is 3.04.